The molecule has 2 aliphatic rings. The molecule has 2 unspecified atom stereocenters. The second-order valence-corrected chi connectivity index (χ2v) is 11.0. The van der Waals surface area contributed by atoms with Crippen molar-refractivity contribution in [2.45, 2.75) is 47.0 Å². The Hall–Kier alpha value is -2.05. The first-order chi connectivity index (χ1) is 15.1. The number of aromatic nitrogens is 2. The molecule has 2 atom stereocenters. The second kappa shape index (κ2) is 8.71. The maximum atomic E-state index is 13.5. The first kappa shape index (κ1) is 23.1. The Labute approximate surface area is 194 Å². The lowest BCUT2D eigenvalue weighted by atomic mass is 9.81. The van der Waals surface area contributed by atoms with E-state index < -0.39 is 0 Å². The summed E-state index contributed by atoms with van der Waals surface area (Å²) in [6.07, 6.45) is 3.10. The zero-order chi connectivity index (χ0) is 23.1. The molecule has 1 aliphatic carbocycles. The third kappa shape index (κ3) is 4.96. The van der Waals surface area contributed by atoms with Crippen molar-refractivity contribution in [1.82, 2.24) is 15.1 Å². The van der Waals surface area contributed by atoms with E-state index in [1.807, 2.05) is 0 Å². The van der Waals surface area contributed by atoms with Crippen molar-refractivity contribution in [3.05, 3.63) is 41.2 Å². The third-order valence-electron chi connectivity index (χ3n) is 7.49. The lowest BCUT2D eigenvalue weighted by Gasteiger charge is -2.37. The summed E-state index contributed by atoms with van der Waals surface area (Å²) >= 11 is 6.14. The van der Waals surface area contributed by atoms with Gasteiger partial charge in [0.2, 0.25) is 5.91 Å². The number of nitrogens with one attached hydrogen (secondary N) is 1. The molecule has 1 spiro atoms. The van der Waals surface area contributed by atoms with Crippen LogP contribution in [0.3, 0.4) is 0 Å². The topological polar surface area (TPSA) is 58.1 Å². The molecule has 4 rings (SSSR count). The predicted molar refractivity (Wildman–Crippen MR) is 126 cm³/mol. The highest BCUT2D eigenvalue weighted by Crippen LogP contribution is 2.59. The zero-order valence-electron chi connectivity index (χ0n) is 19.3. The first-order valence-electron chi connectivity index (χ1n) is 11.4. The van der Waals surface area contributed by atoms with Crippen LogP contribution in [0, 0.1) is 28.5 Å². The molecule has 1 aromatic carbocycles. The van der Waals surface area contributed by atoms with Gasteiger partial charge in [0.1, 0.15) is 5.82 Å². The average Bonchev–Trinajstić information content (AvgIpc) is 3.45. The van der Waals surface area contributed by atoms with Gasteiger partial charge in [-0.3, -0.25) is 4.79 Å². The lowest BCUT2D eigenvalue weighted by molar-refractivity contribution is -0.118. The molecule has 5 nitrogen and oxygen atoms in total. The molecule has 32 heavy (non-hydrogen) atoms. The van der Waals surface area contributed by atoms with Gasteiger partial charge in [-0.2, -0.15) is 0 Å². The van der Waals surface area contributed by atoms with Gasteiger partial charge < -0.3 is 10.2 Å². The van der Waals surface area contributed by atoms with Crippen LogP contribution in [0.1, 0.15) is 47.0 Å². The number of carbonyl (C=O) groups is 1. The van der Waals surface area contributed by atoms with Crippen molar-refractivity contribution in [3.63, 3.8) is 0 Å². The first-order valence-corrected chi connectivity index (χ1v) is 11.8. The second-order valence-electron chi connectivity index (χ2n) is 10.6. The van der Waals surface area contributed by atoms with Crippen LogP contribution in [0.25, 0.3) is 11.3 Å². The van der Waals surface area contributed by atoms with Crippen LogP contribution in [0.4, 0.5) is 10.2 Å². The summed E-state index contributed by atoms with van der Waals surface area (Å²) in [7, 11) is 0. The fourth-order valence-corrected chi connectivity index (χ4v) is 4.78. The molecule has 1 aromatic heterocycles. The summed E-state index contributed by atoms with van der Waals surface area (Å²) in [5.41, 5.74) is 1.40. The fourth-order valence-electron chi connectivity index (χ4n) is 4.56. The van der Waals surface area contributed by atoms with Crippen LogP contribution in [-0.2, 0) is 4.79 Å². The molecule has 2 heterocycles. The van der Waals surface area contributed by atoms with Crippen molar-refractivity contribution in [3.8, 4) is 11.3 Å². The molecule has 7 heteroatoms. The van der Waals surface area contributed by atoms with E-state index in [-0.39, 0.29) is 23.1 Å². The van der Waals surface area contributed by atoms with E-state index in [0.717, 1.165) is 38.9 Å². The highest BCUT2D eigenvalue weighted by Gasteiger charge is 2.58. The highest BCUT2D eigenvalue weighted by molar-refractivity contribution is 6.33. The van der Waals surface area contributed by atoms with Crippen molar-refractivity contribution in [2.24, 2.45) is 22.7 Å². The maximum absolute atomic E-state index is 13.5. The van der Waals surface area contributed by atoms with Crippen LogP contribution >= 0.6 is 11.6 Å². The Morgan fingerprint density at radius 2 is 1.97 bits per heavy atom. The number of likely N-dealkylation sites (tertiary alicyclic amines) is 1. The summed E-state index contributed by atoms with van der Waals surface area (Å²) in [5.74, 6) is 0.723. The Bertz CT molecular complexity index is 980. The molecular weight excluding hydrogens is 427 g/mol. The van der Waals surface area contributed by atoms with E-state index in [0.29, 0.717) is 33.4 Å². The summed E-state index contributed by atoms with van der Waals surface area (Å²) in [5, 5.41) is 11.5. The van der Waals surface area contributed by atoms with Gasteiger partial charge in [0.05, 0.1) is 10.7 Å². The van der Waals surface area contributed by atoms with Crippen LogP contribution in [0.5, 0.6) is 0 Å². The minimum absolute atomic E-state index is 0.0207. The van der Waals surface area contributed by atoms with Gasteiger partial charge in [-0.05, 0) is 79.4 Å². The van der Waals surface area contributed by atoms with E-state index in [4.69, 9.17) is 11.6 Å². The van der Waals surface area contributed by atoms with Crippen molar-refractivity contribution < 1.29 is 9.18 Å². The van der Waals surface area contributed by atoms with E-state index >= 15 is 0 Å². The number of benzene rings is 1. The summed E-state index contributed by atoms with van der Waals surface area (Å²) < 4.78 is 13.5. The summed E-state index contributed by atoms with van der Waals surface area (Å²) in [4.78, 5) is 15.4. The molecular formula is C25H32ClFN4O. The number of anilines is 1. The number of halogens is 2. The molecule has 1 saturated heterocycles. The fraction of sp³-hybridized carbons (Fsp3) is 0.560. The molecule has 2 aromatic rings. The van der Waals surface area contributed by atoms with Gasteiger partial charge in [-0.25, -0.2) is 4.39 Å². The number of carbonyl (C=O) groups excluding carboxylic acids is 1. The quantitative estimate of drug-likeness (QED) is 0.628. The van der Waals surface area contributed by atoms with Crippen molar-refractivity contribution in [2.75, 3.05) is 25.0 Å². The summed E-state index contributed by atoms with van der Waals surface area (Å²) in [6, 6.07) is 7.50. The molecule has 1 aliphatic heterocycles. The van der Waals surface area contributed by atoms with E-state index in [1.165, 1.54) is 18.2 Å². The molecule has 0 radical (unpaired) electrons. The summed E-state index contributed by atoms with van der Waals surface area (Å²) in [6.45, 7) is 12.5. The average molecular weight is 459 g/mol. The van der Waals surface area contributed by atoms with Crippen LogP contribution in [0.2, 0.25) is 5.02 Å². The Morgan fingerprint density at radius 3 is 2.59 bits per heavy atom. The van der Waals surface area contributed by atoms with Gasteiger partial charge >= 0.3 is 0 Å². The number of hydrogen-bond acceptors (Lipinski definition) is 4. The van der Waals surface area contributed by atoms with E-state index in [1.54, 1.807) is 12.1 Å². The normalized spacial score (nSPS) is 21.4. The van der Waals surface area contributed by atoms with Gasteiger partial charge in [-0.15, -0.1) is 10.2 Å². The van der Waals surface area contributed by atoms with Crippen molar-refractivity contribution in [1.29, 1.82) is 0 Å². The van der Waals surface area contributed by atoms with Crippen molar-refractivity contribution >= 4 is 23.3 Å². The number of nitrogens with zero attached hydrogens (tertiary/aromatic N) is 3. The Balaban J connectivity index is 1.31. The minimum Gasteiger partial charge on any atom is -0.309 e. The number of rotatable bonds is 5. The van der Waals surface area contributed by atoms with Crippen LogP contribution < -0.4 is 5.32 Å². The largest absolute Gasteiger partial charge is 0.309 e. The molecule has 1 N–H and O–H groups in total. The van der Waals surface area contributed by atoms with Gasteiger partial charge in [-0.1, -0.05) is 39.3 Å². The Morgan fingerprint density at radius 1 is 1.25 bits per heavy atom. The monoisotopic (exact) mass is 458 g/mol. The predicted octanol–water partition coefficient (Wildman–Crippen LogP) is 5.66. The molecule has 172 valence electrons. The molecule has 1 amide bonds. The smallest absolute Gasteiger partial charge is 0.229 e. The van der Waals surface area contributed by atoms with Crippen LogP contribution in [-0.4, -0.2) is 40.6 Å². The van der Waals surface area contributed by atoms with Gasteiger partial charge in [0.15, 0.2) is 5.82 Å². The Kier molecular flexibility index (Phi) is 6.29. The highest BCUT2D eigenvalue weighted by atomic mass is 35.5. The number of hydrogen-bond donors (Lipinski definition) is 1. The maximum Gasteiger partial charge on any atom is 0.229 e. The number of amides is 1. The standard InChI is InChI=1S/C25H32ClFN4O/c1-16(24(2,3)4)15-31-11-9-25(10-12-31)14-19(25)23(32)28-22-8-7-21(29-30-22)18-13-17(27)5-6-20(18)26/h5-8,13,16,19H,9-12,14-15H2,1-4H3,(H,28,30,32). The number of piperidine rings is 1. The molecule has 2 fully saturated rings. The van der Waals surface area contributed by atoms with E-state index in [2.05, 4.69) is 48.1 Å². The van der Waals surface area contributed by atoms with Gasteiger partial charge in [0.25, 0.3) is 0 Å². The lowest BCUT2D eigenvalue weighted by Crippen LogP contribution is -2.40. The molecule has 0 bridgehead atoms. The molecule has 1 saturated carbocycles. The SMILES string of the molecule is CC(CN1CCC2(CC1)CC2C(=O)Nc1ccc(-c2cc(F)ccc2Cl)nn1)C(C)(C)C. The van der Waals surface area contributed by atoms with Gasteiger partial charge in [0, 0.05) is 18.0 Å². The van der Waals surface area contributed by atoms with E-state index in [9.17, 15) is 9.18 Å². The third-order valence-corrected chi connectivity index (χ3v) is 7.82. The minimum atomic E-state index is -0.387. The van der Waals surface area contributed by atoms with Crippen LogP contribution in [0.15, 0.2) is 30.3 Å². The zero-order valence-corrected chi connectivity index (χ0v) is 20.0.